The van der Waals surface area contributed by atoms with Crippen molar-refractivity contribution >= 4 is 27.5 Å². The second-order valence-corrected chi connectivity index (χ2v) is 9.19. The van der Waals surface area contributed by atoms with Gasteiger partial charge in [-0.25, -0.2) is 4.98 Å². The quantitative estimate of drug-likeness (QED) is 0.327. The Morgan fingerprint density at radius 2 is 1.90 bits per heavy atom. The number of hydrogen-bond acceptors (Lipinski definition) is 7. The monoisotopic (exact) mass is 442 g/mol. The van der Waals surface area contributed by atoms with Crippen LogP contribution in [0.2, 0.25) is 0 Å². The summed E-state index contributed by atoms with van der Waals surface area (Å²) in [6, 6.07) is 6.51. The number of ether oxygens (including phenoxy) is 2. The fourth-order valence-electron chi connectivity index (χ4n) is 4.54. The number of aromatic nitrogens is 4. The highest BCUT2D eigenvalue weighted by molar-refractivity contribution is 7.20. The van der Waals surface area contributed by atoms with E-state index in [2.05, 4.69) is 45.7 Å². The van der Waals surface area contributed by atoms with Crippen molar-refractivity contribution in [2.75, 3.05) is 6.79 Å². The highest BCUT2D eigenvalue weighted by Crippen LogP contribution is 2.35. The SMILES string of the molecule is CCC(CC)C(c1ccc2nc(OCOC(=O)C3CCCCC3)sc2c1)n1cnnc1. The van der Waals surface area contributed by atoms with Crippen LogP contribution >= 0.6 is 11.3 Å². The van der Waals surface area contributed by atoms with Gasteiger partial charge in [0.1, 0.15) is 12.7 Å². The molecule has 0 radical (unpaired) electrons. The molecule has 31 heavy (non-hydrogen) atoms. The second-order valence-electron chi connectivity index (χ2n) is 8.20. The summed E-state index contributed by atoms with van der Waals surface area (Å²) in [6.45, 7) is 4.35. The van der Waals surface area contributed by atoms with Crippen LogP contribution in [0.3, 0.4) is 0 Å². The molecule has 0 bridgehead atoms. The Morgan fingerprint density at radius 1 is 1.16 bits per heavy atom. The fraction of sp³-hybridized carbons (Fsp3) is 0.565. The fourth-order valence-corrected chi connectivity index (χ4v) is 5.39. The number of fused-ring (bicyclic) bond motifs is 1. The average Bonchev–Trinajstić information content (AvgIpc) is 3.47. The van der Waals surface area contributed by atoms with Crippen molar-refractivity contribution in [2.45, 2.75) is 64.8 Å². The van der Waals surface area contributed by atoms with Crippen molar-refractivity contribution in [3.05, 3.63) is 36.4 Å². The van der Waals surface area contributed by atoms with E-state index in [1.165, 1.54) is 23.3 Å². The summed E-state index contributed by atoms with van der Waals surface area (Å²) in [5.74, 6) is 0.358. The lowest BCUT2D eigenvalue weighted by Crippen LogP contribution is -2.22. The highest BCUT2D eigenvalue weighted by atomic mass is 32.1. The number of esters is 1. The molecule has 1 fully saturated rings. The molecule has 1 aromatic carbocycles. The molecule has 1 aliphatic carbocycles. The Labute approximate surface area is 186 Å². The molecule has 3 aromatic rings. The van der Waals surface area contributed by atoms with Gasteiger partial charge in [-0.05, 0) is 36.5 Å². The topological polar surface area (TPSA) is 79.1 Å². The third-order valence-electron chi connectivity index (χ3n) is 6.31. The summed E-state index contributed by atoms with van der Waals surface area (Å²) in [6.07, 6.45) is 11.0. The zero-order valence-corrected chi connectivity index (χ0v) is 19.0. The Morgan fingerprint density at radius 3 is 2.61 bits per heavy atom. The molecule has 1 saturated carbocycles. The molecule has 1 aliphatic rings. The number of rotatable bonds is 9. The van der Waals surface area contributed by atoms with E-state index in [0.717, 1.165) is 48.7 Å². The Bertz CT molecular complexity index is 978. The van der Waals surface area contributed by atoms with Crippen molar-refractivity contribution in [3.63, 3.8) is 0 Å². The van der Waals surface area contributed by atoms with Gasteiger partial charge < -0.3 is 14.0 Å². The molecule has 7 nitrogen and oxygen atoms in total. The van der Waals surface area contributed by atoms with Crippen molar-refractivity contribution in [3.8, 4) is 5.19 Å². The normalized spacial score (nSPS) is 16.0. The molecule has 0 aliphatic heterocycles. The van der Waals surface area contributed by atoms with Crippen LogP contribution in [-0.4, -0.2) is 32.5 Å². The Balaban J connectivity index is 1.45. The minimum absolute atomic E-state index is 0.0231. The van der Waals surface area contributed by atoms with Crippen LogP contribution in [0.5, 0.6) is 5.19 Å². The molecule has 0 amide bonds. The summed E-state index contributed by atoms with van der Waals surface area (Å²) in [5.41, 5.74) is 2.09. The van der Waals surface area contributed by atoms with E-state index in [0.29, 0.717) is 11.1 Å². The zero-order valence-electron chi connectivity index (χ0n) is 18.2. The van der Waals surface area contributed by atoms with E-state index >= 15 is 0 Å². The van der Waals surface area contributed by atoms with E-state index in [-0.39, 0.29) is 24.7 Å². The Kier molecular flexibility index (Phi) is 7.17. The molecular weight excluding hydrogens is 412 g/mol. The number of nitrogens with zero attached hydrogens (tertiary/aromatic N) is 4. The first kappa shape index (κ1) is 21.7. The molecule has 2 heterocycles. The van der Waals surface area contributed by atoms with Crippen LogP contribution in [0.1, 0.15) is 70.4 Å². The van der Waals surface area contributed by atoms with Crippen molar-refractivity contribution in [1.29, 1.82) is 0 Å². The molecule has 8 heteroatoms. The maximum absolute atomic E-state index is 12.2. The first-order valence-electron chi connectivity index (χ1n) is 11.2. The molecule has 4 rings (SSSR count). The van der Waals surface area contributed by atoms with E-state index < -0.39 is 0 Å². The van der Waals surface area contributed by atoms with Gasteiger partial charge in [0.05, 0.1) is 22.2 Å². The highest BCUT2D eigenvalue weighted by Gasteiger charge is 2.24. The molecule has 0 spiro atoms. The summed E-state index contributed by atoms with van der Waals surface area (Å²) >= 11 is 1.48. The van der Waals surface area contributed by atoms with Crippen molar-refractivity contribution < 1.29 is 14.3 Å². The third kappa shape index (κ3) is 5.06. The largest absolute Gasteiger partial charge is 0.432 e. The van der Waals surface area contributed by atoms with Gasteiger partial charge in [0.15, 0.2) is 0 Å². The number of hydrogen-bond donors (Lipinski definition) is 0. The van der Waals surface area contributed by atoms with Gasteiger partial charge in [0.25, 0.3) is 5.19 Å². The van der Waals surface area contributed by atoms with Crippen LogP contribution in [0.25, 0.3) is 10.2 Å². The maximum atomic E-state index is 12.2. The van der Waals surface area contributed by atoms with Crippen molar-refractivity contribution in [1.82, 2.24) is 19.7 Å². The molecule has 1 atom stereocenters. The van der Waals surface area contributed by atoms with Crippen LogP contribution in [0.15, 0.2) is 30.9 Å². The van der Waals surface area contributed by atoms with Gasteiger partial charge in [-0.3, -0.25) is 4.79 Å². The van der Waals surface area contributed by atoms with E-state index in [4.69, 9.17) is 9.47 Å². The summed E-state index contributed by atoms with van der Waals surface area (Å²) in [4.78, 5) is 16.7. The number of carbonyl (C=O) groups is 1. The minimum atomic E-state index is -0.148. The predicted molar refractivity (Wildman–Crippen MR) is 120 cm³/mol. The minimum Gasteiger partial charge on any atom is -0.432 e. The van der Waals surface area contributed by atoms with Gasteiger partial charge in [-0.1, -0.05) is 63.4 Å². The molecule has 0 N–H and O–H groups in total. The van der Waals surface area contributed by atoms with Gasteiger partial charge in [0, 0.05) is 0 Å². The first-order valence-corrected chi connectivity index (χ1v) is 12.0. The average molecular weight is 443 g/mol. The molecular formula is C23H30N4O3S. The van der Waals surface area contributed by atoms with Gasteiger partial charge in [0.2, 0.25) is 6.79 Å². The lowest BCUT2D eigenvalue weighted by atomic mass is 9.88. The molecule has 2 aromatic heterocycles. The van der Waals surface area contributed by atoms with Gasteiger partial charge in [-0.15, -0.1) is 10.2 Å². The van der Waals surface area contributed by atoms with Crippen LogP contribution in [0.4, 0.5) is 0 Å². The lowest BCUT2D eigenvalue weighted by molar-refractivity contribution is -0.156. The van der Waals surface area contributed by atoms with Crippen LogP contribution < -0.4 is 4.74 Å². The van der Waals surface area contributed by atoms with E-state index in [9.17, 15) is 4.79 Å². The second kappa shape index (κ2) is 10.2. The smallest absolute Gasteiger partial charge is 0.311 e. The maximum Gasteiger partial charge on any atom is 0.311 e. The van der Waals surface area contributed by atoms with Crippen LogP contribution in [-0.2, 0) is 9.53 Å². The number of carbonyl (C=O) groups excluding carboxylic acids is 1. The van der Waals surface area contributed by atoms with E-state index in [1.54, 1.807) is 12.7 Å². The summed E-state index contributed by atoms with van der Waals surface area (Å²) < 4.78 is 14.1. The summed E-state index contributed by atoms with van der Waals surface area (Å²) in [5, 5.41) is 8.54. The lowest BCUT2D eigenvalue weighted by Gasteiger charge is -2.26. The third-order valence-corrected chi connectivity index (χ3v) is 7.24. The molecule has 1 unspecified atom stereocenters. The Hall–Kier alpha value is -2.48. The van der Waals surface area contributed by atoms with Crippen molar-refractivity contribution in [2.24, 2.45) is 11.8 Å². The van der Waals surface area contributed by atoms with Crippen LogP contribution in [0, 0.1) is 11.8 Å². The van der Waals surface area contributed by atoms with Gasteiger partial charge in [-0.2, -0.15) is 0 Å². The first-order chi connectivity index (χ1) is 15.2. The zero-order chi connectivity index (χ0) is 21.6. The standard InChI is InChI=1S/C23H30N4O3S/c1-3-16(4-2)21(27-13-24-25-14-27)18-10-11-19-20(12-18)31-23(26-19)30-15-29-22(28)17-8-6-5-7-9-17/h10-14,16-17,21H,3-9,15H2,1-2H3. The molecule has 166 valence electrons. The summed E-state index contributed by atoms with van der Waals surface area (Å²) in [7, 11) is 0. The predicted octanol–water partition coefficient (Wildman–Crippen LogP) is 5.37. The number of benzene rings is 1. The van der Waals surface area contributed by atoms with E-state index in [1.807, 2.05) is 6.07 Å². The molecule has 0 saturated heterocycles. The van der Waals surface area contributed by atoms with Gasteiger partial charge >= 0.3 is 5.97 Å². The number of thiazole rings is 1.